The molecular formula is C10H18N2O. The van der Waals surface area contributed by atoms with Crippen LogP contribution in [0.25, 0.3) is 0 Å². The highest BCUT2D eigenvalue weighted by Crippen LogP contribution is 2.09. The maximum atomic E-state index is 5.52. The predicted molar refractivity (Wildman–Crippen MR) is 52.4 cm³/mol. The summed E-state index contributed by atoms with van der Waals surface area (Å²) in [6.07, 6.45) is 2.80. The highest BCUT2D eigenvalue weighted by atomic mass is 16.4. The van der Waals surface area contributed by atoms with Gasteiger partial charge in [0.25, 0.3) is 0 Å². The van der Waals surface area contributed by atoms with Gasteiger partial charge in [-0.25, -0.2) is 4.98 Å². The van der Waals surface area contributed by atoms with Crippen molar-refractivity contribution in [3.63, 3.8) is 0 Å². The van der Waals surface area contributed by atoms with Crippen LogP contribution >= 0.6 is 0 Å². The van der Waals surface area contributed by atoms with Crippen molar-refractivity contribution in [3.8, 4) is 0 Å². The molecule has 0 unspecified atom stereocenters. The lowest BCUT2D eigenvalue weighted by atomic mass is 10.1. The fraction of sp³-hybridized carbons (Fsp3) is 0.700. The average molecular weight is 182 g/mol. The second kappa shape index (κ2) is 5.02. The van der Waals surface area contributed by atoms with Crippen LogP contribution in [-0.2, 0) is 13.0 Å². The zero-order valence-electron chi connectivity index (χ0n) is 8.63. The Morgan fingerprint density at radius 2 is 2.31 bits per heavy atom. The Balaban J connectivity index is 2.44. The molecule has 0 atom stereocenters. The standard InChI is InChI=1S/C10H18N2O/c1-4-11-7-10-12-6-9(13-10)5-8(2)3/h6,8,11H,4-5,7H2,1-3H3. The summed E-state index contributed by atoms with van der Waals surface area (Å²) >= 11 is 0. The summed E-state index contributed by atoms with van der Waals surface area (Å²) in [7, 11) is 0. The average Bonchev–Trinajstić information content (AvgIpc) is 2.48. The van der Waals surface area contributed by atoms with Crippen molar-refractivity contribution < 1.29 is 4.42 Å². The maximum absolute atomic E-state index is 5.52. The van der Waals surface area contributed by atoms with Crippen LogP contribution in [0.1, 0.15) is 32.4 Å². The van der Waals surface area contributed by atoms with Crippen LogP contribution in [0.4, 0.5) is 0 Å². The minimum Gasteiger partial charge on any atom is -0.444 e. The molecule has 13 heavy (non-hydrogen) atoms. The Morgan fingerprint density at radius 1 is 1.54 bits per heavy atom. The van der Waals surface area contributed by atoms with Gasteiger partial charge in [0.1, 0.15) is 5.76 Å². The van der Waals surface area contributed by atoms with Crippen LogP contribution in [0, 0.1) is 5.92 Å². The molecule has 3 nitrogen and oxygen atoms in total. The Bertz CT molecular complexity index is 243. The Kier molecular flexibility index (Phi) is 3.96. The van der Waals surface area contributed by atoms with Gasteiger partial charge in [-0.2, -0.15) is 0 Å². The molecule has 0 bridgehead atoms. The van der Waals surface area contributed by atoms with Crippen molar-refractivity contribution in [1.82, 2.24) is 10.3 Å². The Morgan fingerprint density at radius 3 is 2.92 bits per heavy atom. The quantitative estimate of drug-likeness (QED) is 0.756. The van der Waals surface area contributed by atoms with Gasteiger partial charge in [0, 0.05) is 6.42 Å². The number of hydrogen-bond donors (Lipinski definition) is 1. The van der Waals surface area contributed by atoms with E-state index >= 15 is 0 Å². The summed E-state index contributed by atoms with van der Waals surface area (Å²) in [6.45, 7) is 8.09. The number of aromatic nitrogens is 1. The van der Waals surface area contributed by atoms with Crippen LogP contribution < -0.4 is 5.32 Å². The summed E-state index contributed by atoms with van der Waals surface area (Å²) in [6, 6.07) is 0. The first-order chi connectivity index (χ1) is 6.22. The van der Waals surface area contributed by atoms with E-state index in [2.05, 4.69) is 31.1 Å². The van der Waals surface area contributed by atoms with Gasteiger partial charge in [-0.1, -0.05) is 20.8 Å². The van der Waals surface area contributed by atoms with Gasteiger partial charge in [-0.15, -0.1) is 0 Å². The van der Waals surface area contributed by atoms with Crippen molar-refractivity contribution in [1.29, 1.82) is 0 Å². The first kappa shape index (κ1) is 10.3. The summed E-state index contributed by atoms with van der Waals surface area (Å²) in [5, 5.41) is 3.17. The van der Waals surface area contributed by atoms with Gasteiger partial charge in [-0.3, -0.25) is 0 Å². The lowest BCUT2D eigenvalue weighted by molar-refractivity contribution is 0.420. The third-order valence-corrected chi connectivity index (χ3v) is 1.74. The molecule has 1 rings (SSSR count). The van der Waals surface area contributed by atoms with E-state index in [0.29, 0.717) is 5.92 Å². The fourth-order valence-electron chi connectivity index (χ4n) is 1.16. The molecule has 1 aromatic heterocycles. The molecule has 0 aromatic carbocycles. The van der Waals surface area contributed by atoms with E-state index in [4.69, 9.17) is 4.42 Å². The van der Waals surface area contributed by atoms with E-state index in [0.717, 1.165) is 31.2 Å². The monoisotopic (exact) mass is 182 g/mol. The first-order valence-corrected chi connectivity index (χ1v) is 4.86. The maximum Gasteiger partial charge on any atom is 0.208 e. The molecular weight excluding hydrogens is 164 g/mol. The highest BCUT2D eigenvalue weighted by molar-refractivity contribution is 4.94. The fourth-order valence-corrected chi connectivity index (χ4v) is 1.16. The molecule has 0 saturated heterocycles. The van der Waals surface area contributed by atoms with E-state index in [1.807, 2.05) is 6.20 Å². The first-order valence-electron chi connectivity index (χ1n) is 4.86. The van der Waals surface area contributed by atoms with Crippen LogP contribution in [0.3, 0.4) is 0 Å². The third kappa shape index (κ3) is 3.59. The molecule has 3 heteroatoms. The van der Waals surface area contributed by atoms with Crippen LogP contribution in [0.15, 0.2) is 10.6 Å². The van der Waals surface area contributed by atoms with Gasteiger partial charge < -0.3 is 9.73 Å². The predicted octanol–water partition coefficient (Wildman–Crippen LogP) is 1.98. The summed E-state index contributed by atoms with van der Waals surface area (Å²) in [4.78, 5) is 4.18. The topological polar surface area (TPSA) is 38.1 Å². The molecule has 1 heterocycles. The van der Waals surface area contributed by atoms with Gasteiger partial charge in [0.2, 0.25) is 5.89 Å². The molecule has 0 saturated carbocycles. The van der Waals surface area contributed by atoms with Crippen molar-refractivity contribution in [2.75, 3.05) is 6.54 Å². The molecule has 0 amide bonds. The number of hydrogen-bond acceptors (Lipinski definition) is 3. The van der Waals surface area contributed by atoms with Gasteiger partial charge in [0.05, 0.1) is 12.7 Å². The molecule has 0 spiro atoms. The second-order valence-electron chi connectivity index (χ2n) is 3.60. The van der Waals surface area contributed by atoms with Gasteiger partial charge >= 0.3 is 0 Å². The van der Waals surface area contributed by atoms with Crippen molar-refractivity contribution in [2.45, 2.75) is 33.7 Å². The summed E-state index contributed by atoms with van der Waals surface area (Å²) in [5.74, 6) is 2.40. The smallest absolute Gasteiger partial charge is 0.208 e. The lowest BCUT2D eigenvalue weighted by Crippen LogP contribution is -2.11. The third-order valence-electron chi connectivity index (χ3n) is 1.74. The second-order valence-corrected chi connectivity index (χ2v) is 3.60. The number of oxazole rings is 1. The molecule has 0 aliphatic rings. The molecule has 0 radical (unpaired) electrons. The normalized spacial score (nSPS) is 11.1. The summed E-state index contributed by atoms with van der Waals surface area (Å²) in [5.41, 5.74) is 0. The van der Waals surface area contributed by atoms with E-state index in [-0.39, 0.29) is 0 Å². The largest absolute Gasteiger partial charge is 0.444 e. The van der Waals surface area contributed by atoms with Crippen molar-refractivity contribution in [2.24, 2.45) is 5.92 Å². The zero-order valence-corrected chi connectivity index (χ0v) is 8.63. The lowest BCUT2D eigenvalue weighted by Gasteiger charge is -1.99. The molecule has 0 aliphatic carbocycles. The molecule has 0 fully saturated rings. The molecule has 0 aliphatic heterocycles. The van der Waals surface area contributed by atoms with Crippen molar-refractivity contribution in [3.05, 3.63) is 17.8 Å². The van der Waals surface area contributed by atoms with E-state index < -0.39 is 0 Å². The number of nitrogens with one attached hydrogen (secondary N) is 1. The van der Waals surface area contributed by atoms with E-state index in [1.165, 1.54) is 0 Å². The molecule has 1 N–H and O–H groups in total. The number of rotatable bonds is 5. The Labute approximate surface area is 79.5 Å². The van der Waals surface area contributed by atoms with Crippen molar-refractivity contribution >= 4 is 0 Å². The molecule has 1 aromatic rings. The van der Waals surface area contributed by atoms with Crippen LogP contribution in [0.2, 0.25) is 0 Å². The van der Waals surface area contributed by atoms with Crippen LogP contribution in [0.5, 0.6) is 0 Å². The SMILES string of the molecule is CCNCc1ncc(CC(C)C)o1. The minimum atomic E-state index is 0.625. The zero-order chi connectivity index (χ0) is 9.68. The Hall–Kier alpha value is -0.830. The minimum absolute atomic E-state index is 0.625. The highest BCUT2D eigenvalue weighted by Gasteiger charge is 2.04. The van der Waals surface area contributed by atoms with Gasteiger partial charge in [-0.05, 0) is 12.5 Å². The number of nitrogens with zero attached hydrogens (tertiary/aromatic N) is 1. The van der Waals surface area contributed by atoms with E-state index in [1.54, 1.807) is 0 Å². The van der Waals surface area contributed by atoms with Crippen LogP contribution in [-0.4, -0.2) is 11.5 Å². The van der Waals surface area contributed by atoms with Gasteiger partial charge in [0.15, 0.2) is 0 Å². The summed E-state index contributed by atoms with van der Waals surface area (Å²) < 4.78 is 5.52. The molecule has 74 valence electrons. The van der Waals surface area contributed by atoms with E-state index in [9.17, 15) is 0 Å².